The van der Waals surface area contributed by atoms with Gasteiger partial charge in [-0.1, -0.05) is 30.3 Å². The molecule has 0 radical (unpaired) electrons. The van der Waals surface area contributed by atoms with Crippen molar-refractivity contribution in [3.63, 3.8) is 0 Å². The van der Waals surface area contributed by atoms with Gasteiger partial charge in [-0.05, 0) is 56.9 Å². The van der Waals surface area contributed by atoms with Gasteiger partial charge in [-0.2, -0.15) is 0 Å². The maximum atomic E-state index is 13.7. The molecule has 13 nitrogen and oxygen atoms in total. The van der Waals surface area contributed by atoms with Crippen molar-refractivity contribution in [2.24, 2.45) is 0 Å². The molecule has 2 fully saturated rings. The third-order valence-electron chi connectivity index (χ3n) is 8.56. The molecule has 0 bridgehead atoms. The molecule has 0 spiro atoms. The minimum absolute atomic E-state index is 0.0405. The van der Waals surface area contributed by atoms with Crippen LogP contribution in [0.15, 0.2) is 63.8 Å². The monoisotopic (exact) mass is 643 g/mol. The Morgan fingerprint density at radius 2 is 1.62 bits per heavy atom. The van der Waals surface area contributed by atoms with Crippen LogP contribution < -0.4 is 21.6 Å². The van der Waals surface area contributed by atoms with Gasteiger partial charge in [0.15, 0.2) is 0 Å². The van der Waals surface area contributed by atoms with Gasteiger partial charge in [0.25, 0.3) is 0 Å². The van der Waals surface area contributed by atoms with Crippen LogP contribution in [0.2, 0.25) is 0 Å². The second kappa shape index (κ2) is 14.0. The predicted molar refractivity (Wildman–Crippen MR) is 171 cm³/mol. The molecular formula is C34H37N5O8. The van der Waals surface area contributed by atoms with E-state index in [1.807, 2.05) is 30.3 Å². The lowest BCUT2D eigenvalue weighted by Gasteiger charge is -2.29. The molecule has 3 heterocycles. The number of hydrogen-bond acceptors (Lipinski definition) is 8. The summed E-state index contributed by atoms with van der Waals surface area (Å²) >= 11 is 0. The Hall–Kier alpha value is -5.33. The van der Waals surface area contributed by atoms with Crippen LogP contribution in [0.25, 0.3) is 11.0 Å². The number of imide groups is 1. The fraction of sp³-hybridized carbons (Fsp3) is 0.382. The van der Waals surface area contributed by atoms with Crippen molar-refractivity contribution in [2.45, 2.75) is 77.0 Å². The smallest absolute Gasteiger partial charge is 0.336 e. The fourth-order valence-corrected chi connectivity index (χ4v) is 6.05. The lowest BCUT2D eigenvalue weighted by Crippen LogP contribution is -2.57. The van der Waals surface area contributed by atoms with E-state index in [9.17, 15) is 33.6 Å². The molecule has 5 rings (SSSR count). The Morgan fingerprint density at radius 3 is 2.32 bits per heavy atom. The summed E-state index contributed by atoms with van der Waals surface area (Å²) < 4.78 is 5.31. The number of hydrogen-bond donors (Lipinski definition) is 3. The molecule has 2 saturated heterocycles. The number of fused-ring (bicyclic) bond motifs is 1. The summed E-state index contributed by atoms with van der Waals surface area (Å²) in [6.07, 6.45) is 1.14. The number of rotatable bonds is 10. The number of nitrogens with one attached hydrogen (secondary N) is 3. The molecule has 2 aliphatic rings. The highest BCUT2D eigenvalue weighted by molar-refractivity contribution is 6.06. The molecule has 1 aromatic heterocycles. The van der Waals surface area contributed by atoms with E-state index >= 15 is 0 Å². The summed E-state index contributed by atoms with van der Waals surface area (Å²) in [5.41, 5.74) is 1.71. The molecule has 3 aromatic rings. The summed E-state index contributed by atoms with van der Waals surface area (Å²) in [5.74, 6) is -3.06. The average molecular weight is 644 g/mol. The highest BCUT2D eigenvalue weighted by Crippen LogP contribution is 2.23. The van der Waals surface area contributed by atoms with Gasteiger partial charge in [-0.25, -0.2) is 4.79 Å². The molecule has 13 heteroatoms. The first-order valence-corrected chi connectivity index (χ1v) is 15.6. The van der Waals surface area contributed by atoms with Crippen molar-refractivity contribution in [3.05, 3.63) is 76.1 Å². The van der Waals surface area contributed by atoms with E-state index in [4.69, 9.17) is 4.42 Å². The number of benzene rings is 2. The van der Waals surface area contributed by atoms with Crippen molar-refractivity contribution in [1.82, 2.24) is 20.4 Å². The van der Waals surface area contributed by atoms with Gasteiger partial charge in [-0.3, -0.25) is 33.7 Å². The number of carbonyl (C=O) groups excluding carboxylic acids is 6. The van der Waals surface area contributed by atoms with Crippen molar-refractivity contribution in [1.29, 1.82) is 0 Å². The normalized spacial score (nSPS) is 18.1. The minimum atomic E-state index is -1.08. The molecular weight excluding hydrogens is 606 g/mol. The maximum Gasteiger partial charge on any atom is 0.336 e. The van der Waals surface area contributed by atoms with Crippen LogP contribution in [0.4, 0.5) is 5.69 Å². The van der Waals surface area contributed by atoms with Crippen molar-refractivity contribution >= 4 is 52.1 Å². The minimum Gasteiger partial charge on any atom is -0.423 e. The Balaban J connectivity index is 1.28. The van der Waals surface area contributed by atoms with E-state index in [0.717, 1.165) is 21.4 Å². The zero-order valence-corrected chi connectivity index (χ0v) is 26.4. The van der Waals surface area contributed by atoms with Gasteiger partial charge in [0.1, 0.15) is 29.8 Å². The highest BCUT2D eigenvalue weighted by atomic mass is 16.4. The molecule has 47 heavy (non-hydrogen) atoms. The first-order chi connectivity index (χ1) is 22.4. The average Bonchev–Trinajstić information content (AvgIpc) is 3.66. The molecule has 6 amide bonds. The number of amides is 6. The van der Waals surface area contributed by atoms with E-state index in [1.165, 1.54) is 24.8 Å². The molecule has 0 unspecified atom stereocenters. The summed E-state index contributed by atoms with van der Waals surface area (Å²) in [6.45, 7) is 4.96. The van der Waals surface area contributed by atoms with Crippen LogP contribution in [-0.2, 0) is 35.2 Å². The van der Waals surface area contributed by atoms with E-state index in [-0.39, 0.29) is 25.8 Å². The largest absolute Gasteiger partial charge is 0.423 e. The second-order valence-electron chi connectivity index (χ2n) is 12.0. The van der Waals surface area contributed by atoms with E-state index in [2.05, 4.69) is 16.0 Å². The lowest BCUT2D eigenvalue weighted by atomic mass is 10.0. The van der Waals surface area contributed by atoms with Crippen LogP contribution in [0.3, 0.4) is 0 Å². The zero-order valence-electron chi connectivity index (χ0n) is 26.4. The molecule has 246 valence electrons. The maximum absolute atomic E-state index is 13.7. The third kappa shape index (κ3) is 7.40. The quantitative estimate of drug-likeness (QED) is 0.221. The Morgan fingerprint density at radius 1 is 0.915 bits per heavy atom. The Bertz CT molecular complexity index is 1770. The van der Waals surface area contributed by atoms with E-state index in [1.54, 1.807) is 25.1 Å². The summed E-state index contributed by atoms with van der Waals surface area (Å²) in [7, 11) is 0. The van der Waals surface area contributed by atoms with Gasteiger partial charge >= 0.3 is 5.63 Å². The molecule has 4 atom stereocenters. The number of anilines is 1. The molecule has 3 N–H and O–H groups in total. The van der Waals surface area contributed by atoms with E-state index in [0.29, 0.717) is 24.1 Å². The number of aryl methyl sites for hydroxylation is 1. The lowest BCUT2D eigenvalue weighted by molar-refractivity contribution is -0.147. The SMILES string of the molecule is Cc1cc(=O)oc2cc(NC(=O)[C@H](Cc3ccccc3)NC(=O)[C@@H]3CCCN3C(=O)[C@H](C)NC(=O)[C@H](C)N3C(=O)CCC3=O)ccc12. The van der Waals surface area contributed by atoms with Crippen LogP contribution in [0.5, 0.6) is 0 Å². The van der Waals surface area contributed by atoms with Crippen molar-refractivity contribution < 1.29 is 33.2 Å². The Kier molecular flexibility index (Phi) is 9.83. The van der Waals surface area contributed by atoms with Gasteiger partial charge < -0.3 is 25.3 Å². The summed E-state index contributed by atoms with van der Waals surface area (Å²) in [4.78, 5) is 91.9. The standard InChI is InChI=1S/C34H37N5O8/c1-19-16-30(42)47-27-18-23(11-12-24(19)27)36-32(44)25(17-22-8-5-4-6-9-22)37-33(45)26-10-7-15-38(26)34(46)20(2)35-31(43)21(3)39-28(40)13-14-29(39)41/h4-6,8-9,11-12,16,18,20-21,25-26H,7,10,13-15,17H2,1-3H3,(H,35,43)(H,36,44)(H,37,45)/t20-,21-,25-,26-/m0/s1. The van der Waals surface area contributed by atoms with E-state index < -0.39 is 65.2 Å². The van der Waals surface area contributed by atoms with Crippen LogP contribution in [0.1, 0.15) is 50.7 Å². The molecule has 2 aliphatic heterocycles. The highest BCUT2D eigenvalue weighted by Gasteiger charge is 2.40. The molecule has 0 saturated carbocycles. The van der Waals surface area contributed by atoms with Gasteiger partial charge in [0, 0.05) is 49.0 Å². The third-order valence-corrected chi connectivity index (χ3v) is 8.56. The molecule has 2 aromatic carbocycles. The summed E-state index contributed by atoms with van der Waals surface area (Å²) in [6, 6.07) is 11.5. The van der Waals surface area contributed by atoms with Crippen LogP contribution >= 0.6 is 0 Å². The topological polar surface area (TPSA) is 175 Å². The zero-order chi connectivity index (χ0) is 33.8. The summed E-state index contributed by atoms with van der Waals surface area (Å²) in [5, 5.41) is 8.93. The Labute approximate surface area is 270 Å². The fourth-order valence-electron chi connectivity index (χ4n) is 6.05. The second-order valence-corrected chi connectivity index (χ2v) is 12.0. The van der Waals surface area contributed by atoms with Crippen LogP contribution in [0, 0.1) is 6.92 Å². The first kappa shape index (κ1) is 33.0. The van der Waals surface area contributed by atoms with Gasteiger partial charge in [0.05, 0.1) is 0 Å². The van der Waals surface area contributed by atoms with Crippen molar-refractivity contribution in [3.8, 4) is 0 Å². The van der Waals surface area contributed by atoms with Crippen molar-refractivity contribution in [2.75, 3.05) is 11.9 Å². The first-order valence-electron chi connectivity index (χ1n) is 15.6. The van der Waals surface area contributed by atoms with Gasteiger partial charge in [-0.15, -0.1) is 0 Å². The predicted octanol–water partition coefficient (Wildman–Crippen LogP) is 1.80. The van der Waals surface area contributed by atoms with Gasteiger partial charge in [0.2, 0.25) is 35.4 Å². The molecule has 0 aliphatic carbocycles. The number of likely N-dealkylation sites (tertiary alicyclic amines) is 2. The number of nitrogens with zero attached hydrogens (tertiary/aromatic N) is 2. The van der Waals surface area contributed by atoms with Crippen LogP contribution in [-0.4, -0.2) is 76.0 Å². The number of carbonyl (C=O) groups is 6.